The number of amides is 1. The number of primary amides is 1. The summed E-state index contributed by atoms with van der Waals surface area (Å²) in [7, 11) is 0. The van der Waals surface area contributed by atoms with Crippen molar-refractivity contribution < 1.29 is 9.53 Å². The minimum Gasteiger partial charge on any atom is -0.480 e. The number of ether oxygens (including phenoxy) is 1. The summed E-state index contributed by atoms with van der Waals surface area (Å²) in [5.41, 5.74) is 11.4. The Kier molecular flexibility index (Phi) is 4.58. The zero-order chi connectivity index (χ0) is 12.1. The van der Waals surface area contributed by atoms with Crippen LogP contribution >= 0.6 is 11.6 Å². The summed E-state index contributed by atoms with van der Waals surface area (Å²) in [6, 6.07) is 5.19. The average molecular weight is 243 g/mol. The monoisotopic (exact) mass is 242 g/mol. The second-order valence-corrected chi connectivity index (χ2v) is 3.74. The molecule has 0 spiro atoms. The Morgan fingerprint density at radius 2 is 2.25 bits per heavy atom. The van der Waals surface area contributed by atoms with Gasteiger partial charge in [0.2, 0.25) is 0 Å². The number of rotatable bonds is 5. The first kappa shape index (κ1) is 12.8. The van der Waals surface area contributed by atoms with Crippen molar-refractivity contribution >= 4 is 17.5 Å². The molecule has 0 saturated carbocycles. The Morgan fingerprint density at radius 3 is 2.75 bits per heavy atom. The van der Waals surface area contributed by atoms with Gasteiger partial charge in [0.25, 0.3) is 5.91 Å². The summed E-state index contributed by atoms with van der Waals surface area (Å²) < 4.78 is 5.49. The van der Waals surface area contributed by atoms with Crippen molar-refractivity contribution in [3.05, 3.63) is 28.8 Å². The first-order chi connectivity index (χ1) is 7.60. The molecule has 4 N–H and O–H groups in total. The molecule has 0 aromatic heterocycles. The van der Waals surface area contributed by atoms with E-state index in [2.05, 4.69) is 0 Å². The van der Waals surface area contributed by atoms with Crippen molar-refractivity contribution in [3.8, 4) is 5.75 Å². The van der Waals surface area contributed by atoms with Crippen LogP contribution in [0.4, 0.5) is 0 Å². The van der Waals surface area contributed by atoms with Crippen LogP contribution in [0.1, 0.15) is 18.9 Å². The number of carbonyl (C=O) groups excluding carboxylic acids is 1. The van der Waals surface area contributed by atoms with Crippen LogP contribution in [0.25, 0.3) is 0 Å². The molecule has 0 saturated heterocycles. The van der Waals surface area contributed by atoms with Crippen molar-refractivity contribution in [3.63, 3.8) is 0 Å². The molecule has 0 bridgehead atoms. The van der Waals surface area contributed by atoms with Crippen molar-refractivity contribution in [2.45, 2.75) is 26.0 Å². The highest BCUT2D eigenvalue weighted by Crippen LogP contribution is 2.26. The highest BCUT2D eigenvalue weighted by Gasteiger charge is 2.17. The van der Waals surface area contributed by atoms with Crippen LogP contribution in [0.15, 0.2) is 18.2 Å². The van der Waals surface area contributed by atoms with Gasteiger partial charge in [-0.1, -0.05) is 24.6 Å². The normalized spacial score (nSPS) is 12.2. The van der Waals surface area contributed by atoms with Crippen molar-refractivity contribution in [2.75, 3.05) is 0 Å². The molecule has 5 heteroatoms. The first-order valence-corrected chi connectivity index (χ1v) is 5.41. The lowest BCUT2D eigenvalue weighted by atomic mass is 10.2. The summed E-state index contributed by atoms with van der Waals surface area (Å²) in [5, 5.41) is 0.527. The van der Waals surface area contributed by atoms with Crippen molar-refractivity contribution in [1.82, 2.24) is 0 Å². The average Bonchev–Trinajstić information content (AvgIpc) is 2.25. The molecule has 1 aromatic carbocycles. The number of benzene rings is 1. The zero-order valence-corrected chi connectivity index (χ0v) is 9.83. The second kappa shape index (κ2) is 5.72. The fourth-order valence-electron chi connectivity index (χ4n) is 1.34. The van der Waals surface area contributed by atoms with Gasteiger partial charge in [0.1, 0.15) is 5.75 Å². The lowest BCUT2D eigenvalue weighted by molar-refractivity contribution is -0.124. The van der Waals surface area contributed by atoms with Crippen LogP contribution in [0.5, 0.6) is 5.75 Å². The van der Waals surface area contributed by atoms with Gasteiger partial charge in [-0.25, -0.2) is 0 Å². The van der Waals surface area contributed by atoms with Gasteiger partial charge in [-0.2, -0.15) is 0 Å². The quantitative estimate of drug-likeness (QED) is 0.820. The standard InChI is InChI=1S/C11H15ClN2O2/c1-2-9(11(14)15)16-10-5-3-4-8(12)7(10)6-13/h3-5,9H,2,6,13H2,1H3,(H2,14,15). The molecular formula is C11H15ClN2O2. The fourth-order valence-corrected chi connectivity index (χ4v) is 1.59. The lowest BCUT2D eigenvalue weighted by Crippen LogP contribution is -2.33. The highest BCUT2D eigenvalue weighted by atomic mass is 35.5. The number of nitrogens with two attached hydrogens (primary N) is 2. The van der Waals surface area contributed by atoms with Gasteiger partial charge in [-0.15, -0.1) is 0 Å². The van der Waals surface area contributed by atoms with Gasteiger partial charge >= 0.3 is 0 Å². The van der Waals surface area contributed by atoms with Crippen LogP contribution in [0.2, 0.25) is 5.02 Å². The van der Waals surface area contributed by atoms with Gasteiger partial charge in [0.05, 0.1) is 0 Å². The molecule has 0 heterocycles. The van der Waals surface area contributed by atoms with Crippen molar-refractivity contribution in [1.29, 1.82) is 0 Å². The Morgan fingerprint density at radius 1 is 1.56 bits per heavy atom. The molecule has 1 atom stereocenters. The molecule has 0 aliphatic rings. The molecule has 1 aromatic rings. The zero-order valence-electron chi connectivity index (χ0n) is 9.07. The molecule has 0 fully saturated rings. The van der Waals surface area contributed by atoms with Crippen molar-refractivity contribution in [2.24, 2.45) is 11.5 Å². The molecule has 4 nitrogen and oxygen atoms in total. The summed E-state index contributed by atoms with van der Waals surface area (Å²) in [6.07, 6.45) is -0.143. The van der Waals surface area contributed by atoms with Crippen LogP contribution in [0.3, 0.4) is 0 Å². The van der Waals surface area contributed by atoms with Crippen LogP contribution in [-0.2, 0) is 11.3 Å². The van der Waals surface area contributed by atoms with Crippen LogP contribution in [0, 0.1) is 0 Å². The van der Waals surface area contributed by atoms with E-state index < -0.39 is 12.0 Å². The third-order valence-corrected chi connectivity index (χ3v) is 2.59. The molecular weight excluding hydrogens is 228 g/mol. The number of halogens is 1. The molecule has 88 valence electrons. The maximum absolute atomic E-state index is 11.1. The molecule has 0 aliphatic carbocycles. The lowest BCUT2D eigenvalue weighted by Gasteiger charge is -2.17. The van der Waals surface area contributed by atoms with E-state index in [0.29, 0.717) is 22.8 Å². The minimum atomic E-state index is -0.649. The predicted octanol–water partition coefficient (Wildman–Crippen LogP) is 1.44. The summed E-state index contributed by atoms with van der Waals surface area (Å²) >= 11 is 5.96. The van der Waals surface area contributed by atoms with Gasteiger partial charge in [0.15, 0.2) is 6.10 Å². The maximum Gasteiger partial charge on any atom is 0.258 e. The summed E-state index contributed by atoms with van der Waals surface area (Å²) in [6.45, 7) is 2.08. The third-order valence-electron chi connectivity index (χ3n) is 2.24. The molecule has 1 rings (SSSR count). The van der Waals surface area contributed by atoms with Gasteiger partial charge < -0.3 is 16.2 Å². The molecule has 0 aliphatic heterocycles. The van der Waals surface area contributed by atoms with E-state index in [-0.39, 0.29) is 6.54 Å². The maximum atomic E-state index is 11.1. The second-order valence-electron chi connectivity index (χ2n) is 3.34. The minimum absolute atomic E-state index is 0.254. The molecule has 1 unspecified atom stereocenters. The van der Waals surface area contributed by atoms with Gasteiger partial charge in [0, 0.05) is 17.1 Å². The van der Waals surface area contributed by atoms with E-state index in [1.165, 1.54) is 0 Å². The Balaban J connectivity index is 2.95. The van der Waals surface area contributed by atoms with Crippen LogP contribution < -0.4 is 16.2 Å². The van der Waals surface area contributed by atoms with Gasteiger partial charge in [-0.05, 0) is 18.6 Å². The predicted molar refractivity (Wildman–Crippen MR) is 63.2 cm³/mol. The molecule has 0 radical (unpaired) electrons. The summed E-state index contributed by atoms with van der Waals surface area (Å²) in [5.74, 6) is 0.0195. The van der Waals surface area contributed by atoms with E-state index >= 15 is 0 Å². The van der Waals surface area contributed by atoms with E-state index in [0.717, 1.165) is 0 Å². The number of carbonyl (C=O) groups is 1. The first-order valence-electron chi connectivity index (χ1n) is 5.03. The largest absolute Gasteiger partial charge is 0.480 e. The third kappa shape index (κ3) is 2.87. The van der Waals surface area contributed by atoms with E-state index in [4.69, 9.17) is 27.8 Å². The Bertz CT molecular complexity index is 382. The van der Waals surface area contributed by atoms with E-state index in [1.807, 2.05) is 6.92 Å². The number of hydrogen-bond donors (Lipinski definition) is 2. The van der Waals surface area contributed by atoms with E-state index in [1.54, 1.807) is 18.2 Å². The molecule has 16 heavy (non-hydrogen) atoms. The summed E-state index contributed by atoms with van der Waals surface area (Å²) in [4.78, 5) is 11.1. The Hall–Kier alpha value is -1.26. The van der Waals surface area contributed by atoms with Crippen LogP contribution in [-0.4, -0.2) is 12.0 Å². The fraction of sp³-hybridized carbons (Fsp3) is 0.364. The SMILES string of the molecule is CCC(Oc1cccc(Cl)c1CN)C(N)=O. The molecule has 1 amide bonds. The van der Waals surface area contributed by atoms with E-state index in [9.17, 15) is 4.79 Å². The highest BCUT2D eigenvalue weighted by molar-refractivity contribution is 6.31. The van der Waals surface area contributed by atoms with Gasteiger partial charge in [-0.3, -0.25) is 4.79 Å². The number of hydrogen-bond acceptors (Lipinski definition) is 3. The topological polar surface area (TPSA) is 78.3 Å². The Labute approximate surface area is 99.5 Å². The smallest absolute Gasteiger partial charge is 0.258 e.